The van der Waals surface area contributed by atoms with Crippen LogP contribution in [0.25, 0.3) is 0 Å². The molecule has 1 aliphatic rings. The van der Waals surface area contributed by atoms with Gasteiger partial charge in [-0.15, -0.1) is 10.2 Å². The Bertz CT molecular complexity index is 1270. The lowest BCUT2D eigenvalue weighted by Crippen LogP contribution is -2.38. The Morgan fingerprint density at radius 1 is 1.19 bits per heavy atom. The number of hydrogen-bond donors (Lipinski definition) is 4. The van der Waals surface area contributed by atoms with E-state index in [0.29, 0.717) is 29.2 Å². The minimum atomic E-state index is -2.93. The van der Waals surface area contributed by atoms with Gasteiger partial charge in [0.25, 0.3) is 5.91 Å². The standard InChI is InChI=1S/C24H27F2N7O3/c1-24(2)12-28-10-14-8-17(18(35-3)9-15(14)24)30-23-31-21(19(20(27)34)32-33-23)29-16-7-5-4-6-13(16)11-36-22(25)26/h4-9,22,28H,10-12H2,1-3H3,(H2,27,34)(H2,29,30,31,33). The number of nitrogens with zero attached hydrogens (tertiary/aromatic N) is 3. The summed E-state index contributed by atoms with van der Waals surface area (Å²) in [7, 11) is 1.57. The van der Waals surface area contributed by atoms with Crippen molar-refractivity contribution in [3.63, 3.8) is 0 Å². The molecule has 12 heteroatoms. The number of rotatable bonds is 9. The zero-order chi connectivity index (χ0) is 25.9. The molecule has 0 atom stereocenters. The average molecular weight is 500 g/mol. The van der Waals surface area contributed by atoms with Gasteiger partial charge in [0.2, 0.25) is 5.95 Å². The normalized spacial score (nSPS) is 14.3. The largest absolute Gasteiger partial charge is 0.495 e. The minimum Gasteiger partial charge on any atom is -0.495 e. The number of nitrogens with two attached hydrogens (primary N) is 1. The molecule has 2 heterocycles. The zero-order valence-electron chi connectivity index (χ0n) is 20.1. The predicted molar refractivity (Wildman–Crippen MR) is 130 cm³/mol. The van der Waals surface area contributed by atoms with Crippen molar-refractivity contribution in [1.82, 2.24) is 20.5 Å². The number of methoxy groups -OCH3 is 1. The monoisotopic (exact) mass is 499 g/mol. The SMILES string of the molecule is COc1cc2c(cc1Nc1nnc(C(N)=O)c(Nc3ccccc3COC(F)F)n1)CNCC2(C)C. The molecule has 190 valence electrons. The van der Waals surface area contributed by atoms with Gasteiger partial charge in [-0.3, -0.25) is 4.79 Å². The van der Waals surface area contributed by atoms with Gasteiger partial charge in [0.15, 0.2) is 11.5 Å². The molecule has 3 aromatic rings. The molecule has 10 nitrogen and oxygen atoms in total. The molecule has 2 aromatic carbocycles. The van der Waals surface area contributed by atoms with Crippen molar-refractivity contribution in [2.24, 2.45) is 5.73 Å². The molecule has 0 radical (unpaired) electrons. The molecule has 1 amide bonds. The van der Waals surface area contributed by atoms with E-state index in [0.717, 1.165) is 12.1 Å². The number of benzene rings is 2. The summed E-state index contributed by atoms with van der Waals surface area (Å²) in [6.45, 7) is 2.57. The molecule has 0 aliphatic carbocycles. The number of ether oxygens (including phenoxy) is 2. The van der Waals surface area contributed by atoms with Crippen LogP contribution in [0.2, 0.25) is 0 Å². The van der Waals surface area contributed by atoms with Crippen molar-refractivity contribution in [2.75, 3.05) is 24.3 Å². The molecule has 0 spiro atoms. The zero-order valence-corrected chi connectivity index (χ0v) is 20.1. The quantitative estimate of drug-likeness (QED) is 0.348. The fourth-order valence-corrected chi connectivity index (χ4v) is 4.07. The predicted octanol–water partition coefficient (Wildman–Crippen LogP) is 3.59. The number of alkyl halides is 2. The smallest absolute Gasteiger partial charge is 0.345 e. The molecule has 4 rings (SSSR count). The van der Waals surface area contributed by atoms with E-state index < -0.39 is 12.5 Å². The Hall–Kier alpha value is -3.90. The highest BCUT2D eigenvalue weighted by Crippen LogP contribution is 2.38. The number of primary amides is 1. The van der Waals surface area contributed by atoms with E-state index in [9.17, 15) is 13.6 Å². The third-order valence-electron chi connectivity index (χ3n) is 5.84. The highest BCUT2D eigenvalue weighted by molar-refractivity contribution is 5.96. The van der Waals surface area contributed by atoms with Crippen LogP contribution in [0.3, 0.4) is 0 Å². The van der Waals surface area contributed by atoms with Gasteiger partial charge in [-0.2, -0.15) is 13.8 Å². The van der Waals surface area contributed by atoms with E-state index in [1.54, 1.807) is 31.4 Å². The topological polar surface area (TPSA) is 136 Å². The third-order valence-corrected chi connectivity index (χ3v) is 5.84. The summed E-state index contributed by atoms with van der Waals surface area (Å²) in [4.78, 5) is 16.4. The summed E-state index contributed by atoms with van der Waals surface area (Å²) < 4.78 is 35.2. The second kappa shape index (κ2) is 10.4. The maximum absolute atomic E-state index is 12.6. The average Bonchev–Trinajstić information content (AvgIpc) is 2.83. The van der Waals surface area contributed by atoms with Crippen molar-refractivity contribution in [3.8, 4) is 5.75 Å². The molecule has 36 heavy (non-hydrogen) atoms. The van der Waals surface area contributed by atoms with Crippen LogP contribution in [-0.2, 0) is 23.3 Å². The number of anilines is 4. The lowest BCUT2D eigenvalue weighted by Gasteiger charge is -2.34. The molecule has 0 saturated carbocycles. The molecule has 5 N–H and O–H groups in total. The van der Waals surface area contributed by atoms with Gasteiger partial charge in [-0.05, 0) is 29.3 Å². The number of hydrogen-bond acceptors (Lipinski definition) is 9. The minimum absolute atomic E-state index is 0.00391. The summed E-state index contributed by atoms with van der Waals surface area (Å²) in [5, 5.41) is 17.4. The van der Waals surface area contributed by atoms with Gasteiger partial charge in [0.1, 0.15) is 5.75 Å². The van der Waals surface area contributed by atoms with Crippen LogP contribution in [0.1, 0.15) is 41.0 Å². The first-order valence-electron chi connectivity index (χ1n) is 11.2. The molecule has 0 bridgehead atoms. The second-order valence-electron chi connectivity index (χ2n) is 8.87. The Morgan fingerprint density at radius 3 is 2.69 bits per heavy atom. The first kappa shape index (κ1) is 25.2. The fraction of sp³-hybridized carbons (Fsp3) is 0.333. The number of para-hydroxylation sites is 1. The van der Waals surface area contributed by atoms with Crippen molar-refractivity contribution >= 4 is 29.0 Å². The third kappa shape index (κ3) is 5.50. The lowest BCUT2D eigenvalue weighted by atomic mass is 9.79. The molecular formula is C24H27F2N7O3. The first-order valence-corrected chi connectivity index (χ1v) is 11.2. The Labute approximate surface area is 206 Å². The molecule has 1 aromatic heterocycles. The van der Waals surface area contributed by atoms with Crippen molar-refractivity contribution in [2.45, 2.75) is 39.0 Å². The highest BCUT2D eigenvalue weighted by Gasteiger charge is 2.29. The van der Waals surface area contributed by atoms with Crippen molar-refractivity contribution in [1.29, 1.82) is 0 Å². The molecular weight excluding hydrogens is 472 g/mol. The maximum atomic E-state index is 12.6. The van der Waals surface area contributed by atoms with Crippen LogP contribution in [0.15, 0.2) is 36.4 Å². The Kier molecular flexibility index (Phi) is 7.27. The van der Waals surface area contributed by atoms with Crippen molar-refractivity contribution < 1.29 is 23.0 Å². The van der Waals surface area contributed by atoms with Crippen LogP contribution in [0.4, 0.5) is 31.9 Å². The number of carbonyl (C=O) groups is 1. The summed E-state index contributed by atoms with van der Waals surface area (Å²) in [6.07, 6.45) is 0. The van der Waals surface area contributed by atoms with Gasteiger partial charge in [-0.1, -0.05) is 32.0 Å². The number of amides is 1. The van der Waals surface area contributed by atoms with Crippen LogP contribution < -0.4 is 26.4 Å². The van der Waals surface area contributed by atoms with Gasteiger partial charge >= 0.3 is 6.61 Å². The Balaban J connectivity index is 1.67. The van der Waals surface area contributed by atoms with E-state index in [1.165, 1.54) is 5.56 Å². The molecule has 1 aliphatic heterocycles. The Morgan fingerprint density at radius 2 is 1.97 bits per heavy atom. The summed E-state index contributed by atoms with van der Waals surface area (Å²) >= 11 is 0. The molecule has 0 saturated heterocycles. The molecule has 0 unspecified atom stereocenters. The van der Waals surface area contributed by atoms with Gasteiger partial charge in [0.05, 0.1) is 19.4 Å². The summed E-state index contributed by atoms with van der Waals surface area (Å²) in [6, 6.07) is 10.6. The number of fused-ring (bicyclic) bond motifs is 1. The first-order chi connectivity index (χ1) is 17.2. The van der Waals surface area contributed by atoms with E-state index in [2.05, 4.69) is 49.7 Å². The van der Waals surface area contributed by atoms with Crippen LogP contribution >= 0.6 is 0 Å². The van der Waals surface area contributed by atoms with E-state index in [-0.39, 0.29) is 29.5 Å². The van der Waals surface area contributed by atoms with E-state index in [4.69, 9.17) is 10.5 Å². The number of aromatic nitrogens is 3. The lowest BCUT2D eigenvalue weighted by molar-refractivity contribution is -0.137. The van der Waals surface area contributed by atoms with Crippen molar-refractivity contribution in [3.05, 3.63) is 58.8 Å². The van der Waals surface area contributed by atoms with Crippen LogP contribution in [0, 0.1) is 0 Å². The van der Waals surface area contributed by atoms with Gasteiger partial charge in [0, 0.05) is 29.8 Å². The van der Waals surface area contributed by atoms with Gasteiger partial charge in [-0.25, -0.2) is 0 Å². The molecule has 0 fully saturated rings. The van der Waals surface area contributed by atoms with E-state index >= 15 is 0 Å². The number of nitrogens with one attached hydrogen (secondary N) is 3. The van der Waals surface area contributed by atoms with Crippen LogP contribution in [0.5, 0.6) is 5.75 Å². The number of halogens is 2. The number of carbonyl (C=O) groups excluding carboxylic acids is 1. The van der Waals surface area contributed by atoms with E-state index in [1.807, 2.05) is 12.1 Å². The highest BCUT2D eigenvalue weighted by atomic mass is 19.3. The summed E-state index contributed by atoms with van der Waals surface area (Å²) in [5.41, 5.74) is 8.89. The summed E-state index contributed by atoms with van der Waals surface area (Å²) in [5.74, 6) is -0.186. The second-order valence-corrected chi connectivity index (χ2v) is 8.87. The van der Waals surface area contributed by atoms with Crippen LogP contribution in [-0.4, -0.2) is 41.4 Å². The maximum Gasteiger partial charge on any atom is 0.345 e. The van der Waals surface area contributed by atoms with Gasteiger partial charge < -0.3 is 31.2 Å². The fourth-order valence-electron chi connectivity index (χ4n) is 4.07.